The molecule has 0 unspecified atom stereocenters. The second kappa shape index (κ2) is 16.7. The number of carbonyl (C=O) groups is 1. The molecule has 0 aliphatic rings. The smallest absolute Gasteiger partial charge is 0.224 e. The van der Waals surface area contributed by atoms with Gasteiger partial charge in [-0.3, -0.25) is 4.79 Å². The maximum absolute atomic E-state index is 11.7. The van der Waals surface area contributed by atoms with E-state index in [4.69, 9.17) is 4.74 Å². The van der Waals surface area contributed by atoms with Crippen LogP contribution in [-0.2, 0) is 24.9 Å². The molecule has 1 N–H and O–H groups in total. The average molecular weight is 751 g/mol. The summed E-state index contributed by atoms with van der Waals surface area (Å²) in [7, 11) is 0. The Labute approximate surface area is 269 Å². The van der Waals surface area contributed by atoms with Gasteiger partial charge in [0.2, 0.25) is 5.88 Å². The van der Waals surface area contributed by atoms with Gasteiger partial charge in [0.1, 0.15) is 0 Å². The molecule has 1 radical (unpaired) electrons. The molecule has 0 aliphatic heterocycles. The molecule has 4 aromatic carbocycles. The number of hydrogen-bond acceptors (Lipinski definition) is 4. The van der Waals surface area contributed by atoms with E-state index in [-0.39, 0.29) is 43.5 Å². The Balaban J connectivity index is 0.000000274. The van der Waals surface area contributed by atoms with Gasteiger partial charge in [-0.1, -0.05) is 70.2 Å². The number of para-hydroxylation sites is 1. The fourth-order valence-corrected chi connectivity index (χ4v) is 5.11. The second-order valence-corrected chi connectivity index (χ2v) is 10.4. The van der Waals surface area contributed by atoms with E-state index >= 15 is 0 Å². The molecular weight excluding hydrogens is 711 g/mol. The number of nitrogens with zero attached hydrogens (tertiary/aromatic N) is 1. The van der Waals surface area contributed by atoms with E-state index in [0.717, 1.165) is 41.8 Å². The molecule has 225 valence electrons. The van der Waals surface area contributed by atoms with Gasteiger partial charge in [-0.05, 0) is 77.2 Å². The van der Waals surface area contributed by atoms with Gasteiger partial charge in [0.15, 0.2) is 5.78 Å². The fourth-order valence-electron chi connectivity index (χ4n) is 5.11. The largest absolute Gasteiger partial charge is 0.512 e. The summed E-state index contributed by atoms with van der Waals surface area (Å²) >= 11 is 0. The topological polar surface area (TPSA) is 59.4 Å². The molecule has 5 aromatic rings. The van der Waals surface area contributed by atoms with Gasteiger partial charge < -0.3 is 9.84 Å². The predicted octanol–water partition coefficient (Wildman–Crippen LogP) is 10.5. The van der Waals surface area contributed by atoms with Crippen LogP contribution in [0.1, 0.15) is 53.4 Å². The minimum absolute atomic E-state index is 0. The maximum atomic E-state index is 11.7. The molecule has 0 fully saturated rings. The first kappa shape index (κ1) is 33.7. The molecule has 0 aliphatic carbocycles. The third kappa shape index (κ3) is 8.86. The van der Waals surface area contributed by atoms with E-state index in [2.05, 4.69) is 65.6 Å². The Morgan fingerprint density at radius 3 is 2.14 bits per heavy atom. The molecule has 0 atom stereocenters. The summed E-state index contributed by atoms with van der Waals surface area (Å²) in [6, 6.07) is 34.0. The third-order valence-corrected chi connectivity index (χ3v) is 7.76. The molecule has 0 bridgehead atoms. The van der Waals surface area contributed by atoms with Gasteiger partial charge in [0, 0.05) is 55.3 Å². The van der Waals surface area contributed by atoms with Crippen molar-refractivity contribution >= 4 is 27.3 Å². The molecule has 0 saturated heterocycles. The van der Waals surface area contributed by atoms with Crippen LogP contribution in [0.2, 0.25) is 0 Å². The van der Waals surface area contributed by atoms with Crippen molar-refractivity contribution in [2.24, 2.45) is 11.8 Å². The Morgan fingerprint density at radius 2 is 1.49 bits per heavy atom. The van der Waals surface area contributed by atoms with Crippen LogP contribution in [0.25, 0.3) is 32.7 Å². The third-order valence-electron chi connectivity index (χ3n) is 7.76. The maximum Gasteiger partial charge on any atom is 0.224 e. The van der Waals surface area contributed by atoms with Gasteiger partial charge in [0.05, 0.1) is 5.76 Å². The monoisotopic (exact) mass is 751 g/mol. The molecule has 0 spiro atoms. The van der Waals surface area contributed by atoms with Crippen LogP contribution in [0.5, 0.6) is 11.6 Å². The van der Waals surface area contributed by atoms with Gasteiger partial charge >= 0.3 is 0 Å². The quantitative estimate of drug-likeness (QED) is 0.0668. The van der Waals surface area contributed by atoms with Crippen LogP contribution in [0, 0.1) is 17.9 Å². The summed E-state index contributed by atoms with van der Waals surface area (Å²) in [4.78, 5) is 16.1. The zero-order valence-corrected chi connectivity index (χ0v) is 27.7. The first-order valence-electron chi connectivity index (χ1n) is 14.9. The fraction of sp³-hybridized carbons (Fsp3) is 0.263. The Hall–Kier alpha value is -3.79. The average Bonchev–Trinajstić information content (AvgIpc) is 3.02. The molecule has 5 heteroatoms. The van der Waals surface area contributed by atoms with Crippen molar-refractivity contribution in [2.75, 3.05) is 0 Å². The number of hydrogen-bond donors (Lipinski definition) is 1. The number of allylic oxidation sites excluding steroid dienone is 2. The van der Waals surface area contributed by atoms with Gasteiger partial charge in [-0.2, -0.15) is 18.2 Å². The van der Waals surface area contributed by atoms with Gasteiger partial charge in [-0.25, -0.2) is 4.98 Å². The zero-order valence-electron chi connectivity index (χ0n) is 25.3. The number of ether oxygens (including phenoxy) is 1. The number of ketones is 1. The summed E-state index contributed by atoms with van der Waals surface area (Å²) in [5.74, 6) is 1.81. The normalized spacial score (nSPS) is 11.3. The number of benzene rings is 4. The number of pyridine rings is 1. The van der Waals surface area contributed by atoms with E-state index in [1.165, 1.54) is 22.6 Å². The molecule has 4 nitrogen and oxygen atoms in total. The Bertz CT molecular complexity index is 1630. The zero-order chi connectivity index (χ0) is 29.9. The first-order chi connectivity index (χ1) is 20.5. The summed E-state index contributed by atoms with van der Waals surface area (Å²) in [5.41, 5.74) is 2.43. The number of carbonyl (C=O) groups excluding carboxylic acids is 1. The summed E-state index contributed by atoms with van der Waals surface area (Å²) < 4.78 is 5.97. The van der Waals surface area contributed by atoms with Crippen molar-refractivity contribution < 1.29 is 34.7 Å². The Kier molecular flexibility index (Phi) is 13.1. The molecule has 43 heavy (non-hydrogen) atoms. The molecule has 0 amide bonds. The predicted molar refractivity (Wildman–Crippen MR) is 174 cm³/mol. The second-order valence-electron chi connectivity index (χ2n) is 10.4. The van der Waals surface area contributed by atoms with E-state index in [1.807, 2.05) is 64.1 Å². The van der Waals surface area contributed by atoms with Crippen molar-refractivity contribution in [3.8, 4) is 22.8 Å². The number of aliphatic hydroxyl groups is 1. The van der Waals surface area contributed by atoms with E-state index < -0.39 is 0 Å². The molecule has 0 saturated carbocycles. The molecule has 1 heterocycles. The molecular formula is C38H40IrNO3-. The van der Waals surface area contributed by atoms with Gasteiger partial charge in [-0.15, -0.1) is 12.1 Å². The van der Waals surface area contributed by atoms with Gasteiger partial charge in [0.25, 0.3) is 0 Å². The van der Waals surface area contributed by atoms with Crippen molar-refractivity contribution in [1.82, 2.24) is 4.98 Å². The SMILES string of the molecule is CCC(CC)C(=O)/C=C(\O)C(CC)CC.[Ir].[c-]1ccccc1Oc1nccc2cc3cc(-c4ccccc4)ccc3cc12. The van der Waals surface area contributed by atoms with Crippen molar-refractivity contribution in [3.63, 3.8) is 0 Å². The number of aromatic nitrogens is 1. The first-order valence-corrected chi connectivity index (χ1v) is 14.9. The summed E-state index contributed by atoms with van der Waals surface area (Å²) in [6.07, 6.45) is 6.69. The van der Waals surface area contributed by atoms with Crippen LogP contribution < -0.4 is 4.74 Å². The molecule has 1 aromatic heterocycles. The molecule has 5 rings (SSSR count). The minimum atomic E-state index is 0. The van der Waals surface area contributed by atoms with Crippen LogP contribution in [-0.4, -0.2) is 15.9 Å². The van der Waals surface area contributed by atoms with E-state index in [0.29, 0.717) is 11.6 Å². The number of rotatable bonds is 10. The van der Waals surface area contributed by atoms with Crippen LogP contribution >= 0.6 is 0 Å². The summed E-state index contributed by atoms with van der Waals surface area (Å²) in [6.45, 7) is 8.07. The van der Waals surface area contributed by atoms with Crippen molar-refractivity contribution in [1.29, 1.82) is 0 Å². The van der Waals surface area contributed by atoms with Crippen LogP contribution in [0.15, 0.2) is 109 Å². The van der Waals surface area contributed by atoms with E-state index in [9.17, 15) is 9.90 Å². The number of aliphatic hydroxyl groups excluding tert-OH is 1. The van der Waals surface area contributed by atoms with Crippen LogP contribution in [0.3, 0.4) is 0 Å². The van der Waals surface area contributed by atoms with E-state index in [1.54, 1.807) is 6.20 Å². The Morgan fingerprint density at radius 1 is 0.791 bits per heavy atom. The minimum Gasteiger partial charge on any atom is -0.512 e. The van der Waals surface area contributed by atoms with Crippen molar-refractivity contribution in [2.45, 2.75) is 53.4 Å². The van der Waals surface area contributed by atoms with Crippen LogP contribution in [0.4, 0.5) is 0 Å². The van der Waals surface area contributed by atoms with Crippen molar-refractivity contribution in [3.05, 3.63) is 115 Å². The number of fused-ring (bicyclic) bond motifs is 2. The summed E-state index contributed by atoms with van der Waals surface area (Å²) in [5, 5.41) is 14.2. The standard InChI is InChI=1S/C25H16NO.C13H24O2.Ir/c1-3-7-18(8-4-1)19-11-12-20-17-24-21(16-22(20)15-19)13-14-26-25(24)27-23-9-5-2-6-10-23;1-5-10(6-2)12(14)9-13(15)11(7-3)8-4;/h1-9,11-17H;9-11,14H,5-8H2,1-4H3;/q-1;;/b;12-9-;.